The maximum atomic E-state index is 13.1. The Morgan fingerprint density at radius 2 is 1.68 bits per heavy atom. The third kappa shape index (κ3) is 7.24. The Morgan fingerprint density at radius 3 is 2.42 bits per heavy atom. The smallest absolute Gasteiger partial charge is 0.242 e. The molecule has 0 radical (unpaired) electrons. The number of hydrogen-bond acceptors (Lipinski definition) is 3. The molecule has 3 amide bonds. The number of carbonyl (C=O) groups excluding carboxylic acids is 3. The van der Waals surface area contributed by atoms with Crippen LogP contribution in [0.4, 0.5) is 0 Å². The normalized spacial score (nSPS) is 17.5. The Labute approximate surface area is 184 Å². The van der Waals surface area contributed by atoms with E-state index < -0.39 is 0 Å². The topological polar surface area (TPSA) is 78.5 Å². The summed E-state index contributed by atoms with van der Waals surface area (Å²) in [6.45, 7) is 1.19. The summed E-state index contributed by atoms with van der Waals surface area (Å²) in [7, 11) is 0. The Balaban J connectivity index is 1.64. The van der Waals surface area contributed by atoms with Crippen molar-refractivity contribution in [1.82, 2.24) is 15.5 Å². The van der Waals surface area contributed by atoms with Gasteiger partial charge in [0.2, 0.25) is 17.7 Å². The second kappa shape index (κ2) is 11.9. The molecular formula is C25H31N3O3. The number of nitrogens with zero attached hydrogens (tertiary/aromatic N) is 1. The van der Waals surface area contributed by atoms with Gasteiger partial charge in [0.05, 0.1) is 19.0 Å². The molecule has 0 spiro atoms. The largest absolute Gasteiger partial charge is 0.356 e. The number of amides is 3. The fraction of sp³-hybridized carbons (Fsp3) is 0.400. The molecule has 0 aromatic heterocycles. The molecule has 2 aromatic rings. The predicted molar refractivity (Wildman–Crippen MR) is 120 cm³/mol. The van der Waals surface area contributed by atoms with E-state index in [4.69, 9.17) is 0 Å². The lowest BCUT2D eigenvalue weighted by Crippen LogP contribution is -2.44. The van der Waals surface area contributed by atoms with Crippen LogP contribution in [-0.4, -0.2) is 42.3 Å². The maximum Gasteiger partial charge on any atom is 0.242 e. The maximum absolute atomic E-state index is 13.1. The summed E-state index contributed by atoms with van der Waals surface area (Å²) in [5.74, 6) is -0.358. The predicted octanol–water partition coefficient (Wildman–Crippen LogP) is 3.00. The molecule has 1 fully saturated rings. The van der Waals surface area contributed by atoms with Crippen LogP contribution in [0.5, 0.6) is 0 Å². The summed E-state index contributed by atoms with van der Waals surface area (Å²) in [4.78, 5) is 39.6. The molecular weight excluding hydrogens is 390 g/mol. The van der Waals surface area contributed by atoms with Gasteiger partial charge in [0.1, 0.15) is 0 Å². The zero-order valence-electron chi connectivity index (χ0n) is 17.9. The fourth-order valence-corrected chi connectivity index (χ4v) is 3.86. The SMILES string of the molecule is O=C(CCc1ccccc1)NCC(=O)N1CCCCCNC(=O)CC1c1ccccc1. The summed E-state index contributed by atoms with van der Waals surface area (Å²) >= 11 is 0. The molecule has 1 saturated heterocycles. The monoisotopic (exact) mass is 421 g/mol. The first-order valence-electron chi connectivity index (χ1n) is 11.1. The summed E-state index contributed by atoms with van der Waals surface area (Å²) in [6.07, 6.45) is 3.90. The fourth-order valence-electron chi connectivity index (χ4n) is 3.86. The minimum Gasteiger partial charge on any atom is -0.356 e. The van der Waals surface area contributed by atoms with Crippen LogP contribution in [0.1, 0.15) is 49.3 Å². The Morgan fingerprint density at radius 1 is 0.968 bits per heavy atom. The van der Waals surface area contributed by atoms with E-state index in [1.807, 2.05) is 60.7 Å². The lowest BCUT2D eigenvalue weighted by molar-refractivity contribution is -0.136. The zero-order valence-corrected chi connectivity index (χ0v) is 17.9. The van der Waals surface area contributed by atoms with E-state index in [2.05, 4.69) is 10.6 Å². The Kier molecular flexibility index (Phi) is 8.64. The molecule has 1 atom stereocenters. The first-order valence-corrected chi connectivity index (χ1v) is 11.1. The van der Waals surface area contributed by atoms with Crippen LogP contribution in [-0.2, 0) is 20.8 Å². The van der Waals surface area contributed by atoms with Crippen LogP contribution in [0, 0.1) is 0 Å². The van der Waals surface area contributed by atoms with Crippen LogP contribution in [0.25, 0.3) is 0 Å². The molecule has 3 rings (SSSR count). The molecule has 0 saturated carbocycles. The van der Waals surface area contributed by atoms with E-state index >= 15 is 0 Å². The van der Waals surface area contributed by atoms with Gasteiger partial charge in [-0.05, 0) is 36.8 Å². The van der Waals surface area contributed by atoms with E-state index in [1.54, 1.807) is 4.90 Å². The van der Waals surface area contributed by atoms with Crippen molar-refractivity contribution in [2.75, 3.05) is 19.6 Å². The van der Waals surface area contributed by atoms with Gasteiger partial charge in [-0.1, -0.05) is 60.7 Å². The number of nitrogens with one attached hydrogen (secondary N) is 2. The highest BCUT2D eigenvalue weighted by Crippen LogP contribution is 2.25. The van der Waals surface area contributed by atoms with Crippen molar-refractivity contribution in [3.05, 3.63) is 71.8 Å². The summed E-state index contributed by atoms with van der Waals surface area (Å²) in [5, 5.41) is 5.71. The van der Waals surface area contributed by atoms with Gasteiger partial charge in [0, 0.05) is 19.5 Å². The average Bonchev–Trinajstić information content (AvgIpc) is 2.81. The van der Waals surface area contributed by atoms with Crippen LogP contribution in [0.3, 0.4) is 0 Å². The molecule has 1 aliphatic heterocycles. The highest BCUT2D eigenvalue weighted by atomic mass is 16.2. The minimum absolute atomic E-state index is 0.0551. The van der Waals surface area contributed by atoms with Crippen molar-refractivity contribution >= 4 is 17.7 Å². The van der Waals surface area contributed by atoms with Crippen molar-refractivity contribution < 1.29 is 14.4 Å². The van der Waals surface area contributed by atoms with Crippen LogP contribution in [0.2, 0.25) is 0 Å². The molecule has 1 unspecified atom stereocenters. The molecule has 6 heteroatoms. The van der Waals surface area contributed by atoms with Crippen LogP contribution >= 0.6 is 0 Å². The number of aryl methyl sites for hydroxylation is 1. The number of carbonyl (C=O) groups is 3. The van der Waals surface area contributed by atoms with Crippen molar-refractivity contribution in [3.63, 3.8) is 0 Å². The first kappa shape index (κ1) is 22.5. The van der Waals surface area contributed by atoms with E-state index in [1.165, 1.54) is 0 Å². The van der Waals surface area contributed by atoms with Crippen molar-refractivity contribution in [3.8, 4) is 0 Å². The van der Waals surface area contributed by atoms with E-state index in [9.17, 15) is 14.4 Å². The molecule has 164 valence electrons. The van der Waals surface area contributed by atoms with Crippen molar-refractivity contribution in [2.24, 2.45) is 0 Å². The summed E-state index contributed by atoms with van der Waals surface area (Å²) in [6, 6.07) is 19.1. The highest BCUT2D eigenvalue weighted by molar-refractivity contribution is 5.86. The molecule has 2 N–H and O–H groups in total. The molecule has 0 aliphatic carbocycles. The van der Waals surface area contributed by atoms with Crippen molar-refractivity contribution in [2.45, 2.75) is 44.6 Å². The Bertz CT molecular complexity index is 855. The summed E-state index contributed by atoms with van der Waals surface area (Å²) < 4.78 is 0. The van der Waals surface area contributed by atoms with E-state index in [0.717, 1.165) is 30.4 Å². The van der Waals surface area contributed by atoms with Gasteiger partial charge in [-0.15, -0.1) is 0 Å². The molecule has 31 heavy (non-hydrogen) atoms. The molecule has 1 heterocycles. The van der Waals surface area contributed by atoms with Gasteiger partial charge in [0.15, 0.2) is 0 Å². The summed E-state index contributed by atoms with van der Waals surface area (Å²) in [5.41, 5.74) is 2.03. The minimum atomic E-state index is -0.340. The molecule has 1 aliphatic rings. The van der Waals surface area contributed by atoms with E-state index in [-0.39, 0.29) is 36.7 Å². The Hall–Kier alpha value is -3.15. The van der Waals surface area contributed by atoms with Gasteiger partial charge < -0.3 is 15.5 Å². The standard InChI is InChI=1S/C25H31N3O3/c29-23(15-14-20-10-4-1-5-11-20)27-19-25(31)28-17-9-3-8-16-26-24(30)18-22(28)21-12-6-2-7-13-21/h1-2,4-7,10-13,22H,3,8-9,14-19H2,(H,26,30)(H,27,29). The van der Waals surface area contributed by atoms with E-state index in [0.29, 0.717) is 25.9 Å². The van der Waals surface area contributed by atoms with Gasteiger partial charge in [0.25, 0.3) is 0 Å². The first-order chi connectivity index (χ1) is 15.1. The lowest BCUT2D eigenvalue weighted by Gasteiger charge is -2.33. The van der Waals surface area contributed by atoms with Crippen molar-refractivity contribution in [1.29, 1.82) is 0 Å². The lowest BCUT2D eigenvalue weighted by atomic mass is 10.00. The quantitative estimate of drug-likeness (QED) is 0.753. The van der Waals surface area contributed by atoms with Gasteiger partial charge in [-0.2, -0.15) is 0 Å². The third-order valence-corrected chi connectivity index (χ3v) is 5.58. The van der Waals surface area contributed by atoms with Gasteiger partial charge in [-0.3, -0.25) is 14.4 Å². The number of hydrogen-bond donors (Lipinski definition) is 2. The molecule has 2 aromatic carbocycles. The third-order valence-electron chi connectivity index (χ3n) is 5.58. The zero-order chi connectivity index (χ0) is 21.9. The average molecular weight is 422 g/mol. The highest BCUT2D eigenvalue weighted by Gasteiger charge is 2.27. The number of benzene rings is 2. The van der Waals surface area contributed by atoms with Gasteiger partial charge in [-0.25, -0.2) is 0 Å². The number of rotatable bonds is 6. The molecule has 6 nitrogen and oxygen atoms in total. The second-order valence-corrected chi connectivity index (χ2v) is 7.89. The van der Waals surface area contributed by atoms with Gasteiger partial charge >= 0.3 is 0 Å². The van der Waals surface area contributed by atoms with Crippen LogP contribution < -0.4 is 10.6 Å². The second-order valence-electron chi connectivity index (χ2n) is 7.89. The van der Waals surface area contributed by atoms with Crippen LogP contribution in [0.15, 0.2) is 60.7 Å². The molecule has 0 bridgehead atoms.